The predicted octanol–water partition coefficient (Wildman–Crippen LogP) is -3.14. The van der Waals surface area contributed by atoms with Crippen molar-refractivity contribution in [3.8, 4) is 0 Å². The van der Waals surface area contributed by atoms with Gasteiger partial charge in [-0.05, 0) is 0 Å². The van der Waals surface area contributed by atoms with Gasteiger partial charge in [0.05, 0.1) is 6.54 Å². The van der Waals surface area contributed by atoms with E-state index in [1.165, 1.54) is 6.92 Å². The Kier molecular flexibility index (Phi) is 5.57. The monoisotopic (exact) mass is 234 g/mol. The van der Waals surface area contributed by atoms with E-state index in [4.69, 9.17) is 16.6 Å². The molecule has 0 fully saturated rings. The number of aliphatic hydroxyl groups excluding tert-OH is 2. The van der Waals surface area contributed by atoms with E-state index in [1.807, 2.05) is 0 Å². The van der Waals surface area contributed by atoms with Crippen LogP contribution in [0.15, 0.2) is 0 Å². The quantitative estimate of drug-likeness (QED) is 0.289. The number of amides is 1. The van der Waals surface area contributed by atoms with Crippen molar-refractivity contribution in [1.82, 2.24) is 0 Å². The third kappa shape index (κ3) is 3.93. The highest BCUT2D eigenvalue weighted by atomic mass is 16.6. The molecule has 0 bridgehead atoms. The number of hydrogen-bond donors (Lipinski definition) is 4. The van der Waals surface area contributed by atoms with Crippen LogP contribution in [0, 0.1) is 5.92 Å². The molecule has 0 aromatic heterocycles. The van der Waals surface area contributed by atoms with Gasteiger partial charge in [0.1, 0.15) is 6.10 Å². The molecule has 92 valence electrons. The molecule has 0 aliphatic carbocycles. The van der Waals surface area contributed by atoms with Gasteiger partial charge in [0.2, 0.25) is 5.91 Å². The Morgan fingerprint density at radius 3 is 2.12 bits per heavy atom. The van der Waals surface area contributed by atoms with Gasteiger partial charge in [0.15, 0.2) is 6.10 Å². The summed E-state index contributed by atoms with van der Waals surface area (Å²) >= 11 is 0. The molecule has 0 radical (unpaired) electrons. The molecule has 0 aliphatic rings. The average Bonchev–Trinajstić information content (AvgIpc) is 2.25. The highest BCUT2D eigenvalue weighted by Crippen LogP contribution is 2.10. The summed E-state index contributed by atoms with van der Waals surface area (Å²) in [6.07, 6.45) is -3.55. The van der Waals surface area contributed by atoms with Crippen molar-refractivity contribution in [3.05, 3.63) is 0 Å². The van der Waals surface area contributed by atoms with Crippen molar-refractivity contribution < 1.29 is 29.3 Å². The molecule has 0 aliphatic heterocycles. The zero-order valence-electron chi connectivity index (χ0n) is 8.62. The Labute approximate surface area is 91.2 Å². The van der Waals surface area contributed by atoms with Gasteiger partial charge in [0, 0.05) is 5.92 Å². The Balaban J connectivity index is 4.43. The first-order valence-corrected chi connectivity index (χ1v) is 4.41. The van der Waals surface area contributed by atoms with E-state index in [9.17, 15) is 19.5 Å². The number of primary amides is 1. The topological polar surface area (TPSA) is 153 Å². The van der Waals surface area contributed by atoms with Gasteiger partial charge >= 0.3 is 11.9 Å². The second kappa shape index (κ2) is 6.16. The molecule has 8 heteroatoms. The highest BCUT2D eigenvalue weighted by Gasteiger charge is 2.33. The second-order valence-electron chi connectivity index (χ2n) is 3.15. The minimum Gasteiger partial charge on any atom is -0.390 e. The van der Waals surface area contributed by atoms with E-state index in [-0.39, 0.29) is 0 Å². The Hall–Kier alpha value is -1.51. The second-order valence-corrected chi connectivity index (χ2v) is 3.15. The molecule has 8 nitrogen and oxygen atoms in total. The van der Waals surface area contributed by atoms with Gasteiger partial charge < -0.3 is 26.4 Å². The minimum absolute atomic E-state index is 0.523. The molecule has 1 amide bonds. The van der Waals surface area contributed by atoms with E-state index < -0.39 is 42.5 Å². The number of esters is 2. The van der Waals surface area contributed by atoms with Crippen LogP contribution < -0.4 is 11.5 Å². The molecule has 3 unspecified atom stereocenters. The molecule has 0 aromatic carbocycles. The lowest BCUT2D eigenvalue weighted by molar-refractivity contribution is -0.168. The fraction of sp³-hybridized carbons (Fsp3) is 0.625. The number of rotatable bonds is 5. The predicted molar refractivity (Wildman–Crippen MR) is 50.5 cm³/mol. The molecule has 0 heterocycles. The van der Waals surface area contributed by atoms with E-state index in [0.29, 0.717) is 0 Å². The molecule has 0 saturated carbocycles. The van der Waals surface area contributed by atoms with Crippen molar-refractivity contribution in [3.63, 3.8) is 0 Å². The van der Waals surface area contributed by atoms with Crippen LogP contribution in [0.3, 0.4) is 0 Å². The van der Waals surface area contributed by atoms with E-state index in [0.717, 1.165) is 0 Å². The number of nitrogens with two attached hydrogens (primary N) is 2. The third-order valence-electron chi connectivity index (χ3n) is 1.91. The standard InChI is InChI=1S/C8H14N2O6/c1-3(5(12)7(10)14)6(13)8(15)16-4(11)2-9/h3,5-6,12-13H,2,9H2,1H3,(H2,10,14). The molecule has 0 aromatic rings. The van der Waals surface area contributed by atoms with Gasteiger partial charge in [-0.15, -0.1) is 0 Å². The summed E-state index contributed by atoms with van der Waals surface area (Å²) in [5.41, 5.74) is 9.64. The molecular formula is C8H14N2O6. The maximum Gasteiger partial charge on any atom is 0.343 e. The van der Waals surface area contributed by atoms with Crippen LogP contribution in [-0.2, 0) is 19.1 Å². The summed E-state index contributed by atoms with van der Waals surface area (Å²) in [4.78, 5) is 32.3. The maximum atomic E-state index is 11.1. The van der Waals surface area contributed by atoms with E-state index in [1.54, 1.807) is 0 Å². The lowest BCUT2D eigenvalue weighted by Crippen LogP contribution is -2.43. The fourth-order valence-electron chi connectivity index (χ4n) is 0.861. The largest absolute Gasteiger partial charge is 0.390 e. The summed E-state index contributed by atoms with van der Waals surface area (Å²) in [5.74, 6) is -4.59. The first-order valence-electron chi connectivity index (χ1n) is 4.41. The summed E-state index contributed by atoms with van der Waals surface area (Å²) < 4.78 is 4.10. The van der Waals surface area contributed by atoms with Gasteiger partial charge in [-0.25, -0.2) is 4.79 Å². The van der Waals surface area contributed by atoms with Crippen molar-refractivity contribution in [1.29, 1.82) is 0 Å². The number of ether oxygens (including phenoxy) is 1. The summed E-state index contributed by atoms with van der Waals surface area (Å²) in [7, 11) is 0. The van der Waals surface area contributed by atoms with Crippen LogP contribution in [0.25, 0.3) is 0 Å². The van der Waals surface area contributed by atoms with Crippen LogP contribution in [0.4, 0.5) is 0 Å². The van der Waals surface area contributed by atoms with Crippen molar-refractivity contribution in [2.75, 3.05) is 6.54 Å². The Morgan fingerprint density at radius 1 is 1.25 bits per heavy atom. The highest BCUT2D eigenvalue weighted by molar-refractivity contribution is 5.89. The van der Waals surface area contributed by atoms with Crippen molar-refractivity contribution >= 4 is 17.8 Å². The summed E-state index contributed by atoms with van der Waals surface area (Å²) in [6, 6.07) is 0. The number of carbonyl (C=O) groups excluding carboxylic acids is 3. The van der Waals surface area contributed by atoms with Gasteiger partial charge in [0.25, 0.3) is 0 Å². The normalized spacial score (nSPS) is 16.0. The van der Waals surface area contributed by atoms with Gasteiger partial charge in [-0.3, -0.25) is 9.59 Å². The van der Waals surface area contributed by atoms with Gasteiger partial charge in [-0.2, -0.15) is 0 Å². The zero-order valence-corrected chi connectivity index (χ0v) is 8.62. The van der Waals surface area contributed by atoms with Crippen LogP contribution >= 0.6 is 0 Å². The molecule has 16 heavy (non-hydrogen) atoms. The smallest absolute Gasteiger partial charge is 0.343 e. The lowest BCUT2D eigenvalue weighted by Gasteiger charge is -2.19. The van der Waals surface area contributed by atoms with Crippen LogP contribution in [-0.4, -0.2) is 46.8 Å². The maximum absolute atomic E-state index is 11.1. The Morgan fingerprint density at radius 2 is 1.75 bits per heavy atom. The van der Waals surface area contributed by atoms with Crippen molar-refractivity contribution in [2.45, 2.75) is 19.1 Å². The first-order chi connectivity index (χ1) is 7.31. The van der Waals surface area contributed by atoms with Crippen LogP contribution in [0.1, 0.15) is 6.92 Å². The van der Waals surface area contributed by atoms with E-state index in [2.05, 4.69) is 4.74 Å². The molecule has 3 atom stereocenters. The van der Waals surface area contributed by atoms with Crippen LogP contribution in [0.5, 0.6) is 0 Å². The van der Waals surface area contributed by atoms with Gasteiger partial charge in [-0.1, -0.05) is 6.92 Å². The van der Waals surface area contributed by atoms with Crippen molar-refractivity contribution in [2.24, 2.45) is 17.4 Å². The summed E-state index contributed by atoms with van der Waals surface area (Å²) in [6.45, 7) is 0.680. The lowest BCUT2D eigenvalue weighted by atomic mass is 9.98. The zero-order chi connectivity index (χ0) is 12.9. The summed E-state index contributed by atoms with van der Waals surface area (Å²) in [5, 5.41) is 18.5. The molecular weight excluding hydrogens is 220 g/mol. The number of carbonyl (C=O) groups is 3. The average molecular weight is 234 g/mol. The third-order valence-corrected chi connectivity index (χ3v) is 1.91. The molecule has 6 N–H and O–H groups in total. The fourth-order valence-corrected chi connectivity index (χ4v) is 0.861. The molecule has 0 spiro atoms. The SMILES string of the molecule is CC(C(O)C(N)=O)C(O)C(=O)OC(=O)CN. The Bertz CT molecular complexity index is 292. The minimum atomic E-state index is -1.84. The molecule has 0 saturated heterocycles. The first kappa shape index (κ1) is 14.5. The van der Waals surface area contributed by atoms with E-state index >= 15 is 0 Å². The number of aliphatic hydroxyl groups is 2. The molecule has 0 rings (SSSR count). The van der Waals surface area contributed by atoms with Crippen LogP contribution in [0.2, 0.25) is 0 Å². The number of hydrogen-bond acceptors (Lipinski definition) is 7.